The zero-order valence-corrected chi connectivity index (χ0v) is 14.0. The highest BCUT2D eigenvalue weighted by Gasteiger charge is 2.07. The molecule has 128 valence electrons. The summed E-state index contributed by atoms with van der Waals surface area (Å²) in [6.45, 7) is 3.15. The first-order chi connectivity index (χ1) is 11.2. The Morgan fingerprint density at radius 3 is 2.35 bits per heavy atom. The smallest absolute Gasteiger partial charge is 0.338 e. The van der Waals surface area contributed by atoms with Crippen LogP contribution < -0.4 is 4.74 Å². The molecule has 0 amide bonds. The fraction of sp³-hybridized carbons (Fsp3) is 0.556. The Morgan fingerprint density at radius 1 is 0.957 bits per heavy atom. The van der Waals surface area contributed by atoms with Crippen molar-refractivity contribution in [1.29, 1.82) is 0 Å². The molecule has 0 saturated heterocycles. The number of hydrogen-bond donors (Lipinski definition) is 0. The maximum Gasteiger partial charge on any atom is 0.338 e. The van der Waals surface area contributed by atoms with Crippen molar-refractivity contribution in [3.63, 3.8) is 0 Å². The highest BCUT2D eigenvalue weighted by Crippen LogP contribution is 2.13. The van der Waals surface area contributed by atoms with E-state index < -0.39 is 0 Å². The van der Waals surface area contributed by atoms with Gasteiger partial charge in [-0.25, -0.2) is 4.79 Å². The standard InChI is InChI=1S/C18H26O5/c1-3-4-13-22-16-11-9-15(10-12-16)18(20)23-14-7-5-6-8-17(19)21-2/h9-12H,3-8,13-14H2,1-2H3. The van der Waals surface area contributed by atoms with E-state index in [2.05, 4.69) is 11.7 Å². The zero-order chi connectivity index (χ0) is 16.9. The van der Waals surface area contributed by atoms with E-state index in [1.54, 1.807) is 24.3 Å². The molecule has 0 aromatic heterocycles. The fourth-order valence-electron chi connectivity index (χ4n) is 1.92. The monoisotopic (exact) mass is 322 g/mol. The van der Waals surface area contributed by atoms with Gasteiger partial charge in [-0.3, -0.25) is 4.79 Å². The first-order valence-corrected chi connectivity index (χ1v) is 8.14. The molecule has 1 aromatic rings. The zero-order valence-electron chi connectivity index (χ0n) is 14.0. The van der Waals surface area contributed by atoms with Crippen molar-refractivity contribution in [1.82, 2.24) is 0 Å². The summed E-state index contributed by atoms with van der Waals surface area (Å²) in [5.41, 5.74) is 0.516. The Bertz CT molecular complexity index is 467. The lowest BCUT2D eigenvalue weighted by Crippen LogP contribution is -2.07. The normalized spacial score (nSPS) is 10.2. The molecule has 0 bridgehead atoms. The van der Waals surface area contributed by atoms with E-state index >= 15 is 0 Å². The van der Waals surface area contributed by atoms with Crippen molar-refractivity contribution in [3.8, 4) is 5.75 Å². The largest absolute Gasteiger partial charge is 0.494 e. The summed E-state index contributed by atoms with van der Waals surface area (Å²) in [4.78, 5) is 22.8. The topological polar surface area (TPSA) is 61.8 Å². The quantitative estimate of drug-likeness (QED) is 0.458. The molecule has 0 atom stereocenters. The minimum Gasteiger partial charge on any atom is -0.494 e. The molecule has 23 heavy (non-hydrogen) atoms. The molecule has 1 rings (SSSR count). The Balaban J connectivity index is 2.20. The molecular formula is C18H26O5. The number of carbonyl (C=O) groups excluding carboxylic acids is 2. The van der Waals surface area contributed by atoms with Gasteiger partial charge >= 0.3 is 11.9 Å². The van der Waals surface area contributed by atoms with Crippen LogP contribution in [0.2, 0.25) is 0 Å². The van der Waals surface area contributed by atoms with Crippen LogP contribution in [0, 0.1) is 0 Å². The molecule has 0 unspecified atom stereocenters. The van der Waals surface area contributed by atoms with Gasteiger partial charge in [-0.1, -0.05) is 13.3 Å². The molecule has 0 aliphatic heterocycles. The third kappa shape index (κ3) is 8.24. The number of methoxy groups -OCH3 is 1. The van der Waals surface area contributed by atoms with Crippen LogP contribution in [0.25, 0.3) is 0 Å². The second kappa shape index (κ2) is 11.5. The minimum absolute atomic E-state index is 0.205. The van der Waals surface area contributed by atoms with Crippen molar-refractivity contribution in [2.24, 2.45) is 0 Å². The molecule has 5 nitrogen and oxygen atoms in total. The minimum atomic E-state index is -0.335. The second-order valence-corrected chi connectivity index (χ2v) is 5.25. The van der Waals surface area contributed by atoms with Crippen LogP contribution >= 0.6 is 0 Å². The summed E-state index contributed by atoms with van der Waals surface area (Å²) in [7, 11) is 1.38. The van der Waals surface area contributed by atoms with Crippen molar-refractivity contribution >= 4 is 11.9 Å². The van der Waals surface area contributed by atoms with Gasteiger partial charge in [-0.05, 0) is 49.9 Å². The van der Waals surface area contributed by atoms with Crippen LogP contribution in [0.5, 0.6) is 5.75 Å². The molecule has 0 N–H and O–H groups in total. The van der Waals surface area contributed by atoms with Gasteiger partial charge in [0.2, 0.25) is 0 Å². The summed E-state index contributed by atoms with van der Waals surface area (Å²) in [6, 6.07) is 6.98. The Hall–Kier alpha value is -2.04. The van der Waals surface area contributed by atoms with Gasteiger partial charge in [0, 0.05) is 6.42 Å². The van der Waals surface area contributed by atoms with Crippen molar-refractivity contribution in [2.45, 2.75) is 45.4 Å². The van der Waals surface area contributed by atoms with Gasteiger partial charge in [0.05, 0.1) is 25.9 Å². The maximum absolute atomic E-state index is 11.9. The molecule has 5 heteroatoms. The van der Waals surface area contributed by atoms with E-state index in [0.29, 0.717) is 25.2 Å². The van der Waals surface area contributed by atoms with Crippen LogP contribution in [0.15, 0.2) is 24.3 Å². The third-order valence-corrected chi connectivity index (χ3v) is 3.34. The van der Waals surface area contributed by atoms with Gasteiger partial charge in [-0.15, -0.1) is 0 Å². The van der Waals surface area contributed by atoms with Gasteiger partial charge < -0.3 is 14.2 Å². The lowest BCUT2D eigenvalue weighted by atomic mass is 10.2. The predicted octanol–water partition coefficient (Wildman–Crippen LogP) is 3.76. The third-order valence-electron chi connectivity index (χ3n) is 3.34. The SMILES string of the molecule is CCCCOc1ccc(C(=O)OCCCCCC(=O)OC)cc1. The van der Waals surface area contributed by atoms with Crippen molar-refractivity contribution in [2.75, 3.05) is 20.3 Å². The van der Waals surface area contributed by atoms with Crippen LogP contribution in [-0.2, 0) is 14.3 Å². The molecule has 0 heterocycles. The Morgan fingerprint density at radius 2 is 1.70 bits per heavy atom. The number of carbonyl (C=O) groups is 2. The van der Waals surface area contributed by atoms with Gasteiger partial charge in [-0.2, -0.15) is 0 Å². The number of esters is 2. The highest BCUT2D eigenvalue weighted by atomic mass is 16.5. The molecule has 0 aliphatic rings. The Kier molecular flexibility index (Phi) is 9.52. The second-order valence-electron chi connectivity index (χ2n) is 5.25. The van der Waals surface area contributed by atoms with Crippen LogP contribution in [0.1, 0.15) is 55.8 Å². The lowest BCUT2D eigenvalue weighted by molar-refractivity contribution is -0.140. The number of ether oxygens (including phenoxy) is 3. The van der Waals surface area contributed by atoms with E-state index in [4.69, 9.17) is 9.47 Å². The molecule has 0 fully saturated rings. The number of hydrogen-bond acceptors (Lipinski definition) is 5. The average molecular weight is 322 g/mol. The average Bonchev–Trinajstić information content (AvgIpc) is 2.58. The summed E-state index contributed by atoms with van der Waals surface area (Å²) >= 11 is 0. The number of benzene rings is 1. The lowest BCUT2D eigenvalue weighted by Gasteiger charge is -2.07. The molecule has 0 spiro atoms. The maximum atomic E-state index is 11.9. The Labute approximate surface area is 137 Å². The molecule has 1 aromatic carbocycles. The van der Waals surface area contributed by atoms with Crippen molar-refractivity contribution < 1.29 is 23.8 Å². The predicted molar refractivity (Wildman–Crippen MR) is 87.6 cm³/mol. The first-order valence-electron chi connectivity index (χ1n) is 8.14. The van der Waals surface area contributed by atoms with Gasteiger partial charge in [0.15, 0.2) is 0 Å². The van der Waals surface area contributed by atoms with Crippen LogP contribution in [-0.4, -0.2) is 32.3 Å². The molecule has 0 saturated carbocycles. The van der Waals surface area contributed by atoms with E-state index in [1.807, 2.05) is 0 Å². The summed E-state index contributed by atoms with van der Waals surface area (Å²) in [6.07, 6.45) is 4.81. The summed E-state index contributed by atoms with van der Waals surface area (Å²) < 4.78 is 15.3. The molecule has 0 aliphatic carbocycles. The first kappa shape index (κ1) is 19.0. The van der Waals surface area contributed by atoms with E-state index in [0.717, 1.165) is 37.9 Å². The highest BCUT2D eigenvalue weighted by molar-refractivity contribution is 5.89. The summed E-state index contributed by atoms with van der Waals surface area (Å²) in [5.74, 6) is 0.221. The molecule has 0 radical (unpaired) electrons. The fourth-order valence-corrected chi connectivity index (χ4v) is 1.92. The van der Waals surface area contributed by atoms with E-state index in [1.165, 1.54) is 7.11 Å². The van der Waals surface area contributed by atoms with Gasteiger partial charge in [0.1, 0.15) is 5.75 Å². The van der Waals surface area contributed by atoms with Crippen LogP contribution in [0.4, 0.5) is 0 Å². The summed E-state index contributed by atoms with van der Waals surface area (Å²) in [5, 5.41) is 0. The molecular weight excluding hydrogens is 296 g/mol. The van der Waals surface area contributed by atoms with Crippen LogP contribution in [0.3, 0.4) is 0 Å². The van der Waals surface area contributed by atoms with Gasteiger partial charge in [0.25, 0.3) is 0 Å². The van der Waals surface area contributed by atoms with E-state index in [9.17, 15) is 9.59 Å². The van der Waals surface area contributed by atoms with E-state index in [-0.39, 0.29) is 11.9 Å². The number of unbranched alkanes of at least 4 members (excludes halogenated alkanes) is 3. The number of rotatable bonds is 11. The van der Waals surface area contributed by atoms with Crippen molar-refractivity contribution in [3.05, 3.63) is 29.8 Å².